The number of nitrogens with two attached hydrogens (primary N) is 2. The Morgan fingerprint density at radius 3 is 2.58 bits per heavy atom. The number of carbonyl (C=O) groups is 2. The molecule has 0 aliphatic heterocycles. The van der Waals surface area contributed by atoms with Crippen molar-refractivity contribution in [3.63, 3.8) is 0 Å². The summed E-state index contributed by atoms with van der Waals surface area (Å²) in [6, 6.07) is 4.53. The average Bonchev–Trinajstić information content (AvgIpc) is 2.31. The van der Waals surface area contributed by atoms with Gasteiger partial charge in [0.25, 0.3) is 0 Å². The molecule has 5 nitrogen and oxygen atoms in total. The van der Waals surface area contributed by atoms with Crippen LogP contribution in [0.5, 0.6) is 0 Å². The zero-order chi connectivity index (χ0) is 14.6. The first-order valence-corrected chi connectivity index (χ1v) is 6.35. The van der Waals surface area contributed by atoms with Crippen molar-refractivity contribution in [2.24, 2.45) is 11.5 Å². The van der Waals surface area contributed by atoms with Crippen molar-refractivity contribution in [1.82, 2.24) is 0 Å². The minimum Gasteiger partial charge on any atom is -0.366 e. The van der Waals surface area contributed by atoms with Crippen molar-refractivity contribution in [2.45, 2.75) is 32.2 Å². The van der Waals surface area contributed by atoms with E-state index >= 15 is 0 Å². The highest BCUT2D eigenvalue weighted by Gasteiger charge is 2.27. The molecule has 0 saturated heterocycles. The van der Waals surface area contributed by atoms with Crippen molar-refractivity contribution in [3.05, 3.63) is 28.8 Å². The summed E-state index contributed by atoms with van der Waals surface area (Å²) in [6.07, 6.45) is 1.36. The van der Waals surface area contributed by atoms with Gasteiger partial charge in [0.1, 0.15) is 0 Å². The number of hydrogen-bond acceptors (Lipinski definition) is 3. The summed E-state index contributed by atoms with van der Waals surface area (Å²) >= 11 is 5.83. The lowest BCUT2D eigenvalue weighted by Gasteiger charge is -2.23. The topological polar surface area (TPSA) is 98.2 Å². The van der Waals surface area contributed by atoms with Crippen LogP contribution >= 0.6 is 11.6 Å². The van der Waals surface area contributed by atoms with Gasteiger partial charge >= 0.3 is 0 Å². The molecule has 0 aromatic heterocycles. The number of rotatable bonds is 5. The van der Waals surface area contributed by atoms with Crippen LogP contribution < -0.4 is 16.8 Å². The highest BCUT2D eigenvalue weighted by molar-refractivity contribution is 6.34. The summed E-state index contributed by atoms with van der Waals surface area (Å²) in [5.74, 6) is -0.961. The van der Waals surface area contributed by atoms with Gasteiger partial charge in [0.15, 0.2) is 0 Å². The van der Waals surface area contributed by atoms with Crippen molar-refractivity contribution >= 4 is 29.1 Å². The van der Waals surface area contributed by atoms with Gasteiger partial charge in [-0.15, -0.1) is 0 Å². The molecule has 0 spiro atoms. The third-order valence-electron chi connectivity index (χ3n) is 2.78. The fourth-order valence-electron chi connectivity index (χ4n) is 1.70. The number of halogens is 1. The third-order valence-corrected chi connectivity index (χ3v) is 3.11. The van der Waals surface area contributed by atoms with E-state index in [1.165, 1.54) is 12.1 Å². The van der Waals surface area contributed by atoms with E-state index in [2.05, 4.69) is 5.32 Å². The lowest BCUT2D eigenvalue weighted by molar-refractivity contribution is -0.120. The van der Waals surface area contributed by atoms with Gasteiger partial charge in [-0.3, -0.25) is 9.59 Å². The van der Waals surface area contributed by atoms with Crippen LogP contribution in [-0.2, 0) is 4.79 Å². The molecule has 6 heteroatoms. The van der Waals surface area contributed by atoms with Gasteiger partial charge in [0, 0.05) is 5.69 Å². The quantitative estimate of drug-likeness (QED) is 0.769. The van der Waals surface area contributed by atoms with E-state index in [-0.39, 0.29) is 16.5 Å². The summed E-state index contributed by atoms with van der Waals surface area (Å²) in [6.45, 7) is 3.61. The number of primary amides is 1. The van der Waals surface area contributed by atoms with Crippen LogP contribution in [0, 0.1) is 0 Å². The molecule has 1 aromatic carbocycles. The number of carbonyl (C=O) groups excluding carboxylic acids is 2. The van der Waals surface area contributed by atoms with Gasteiger partial charge in [-0.05, 0) is 31.5 Å². The molecule has 1 aromatic rings. The normalized spacial score (nSPS) is 13.7. The first-order chi connectivity index (χ1) is 8.77. The second-order valence-corrected chi connectivity index (χ2v) is 5.09. The van der Waals surface area contributed by atoms with E-state index in [1.807, 2.05) is 6.92 Å². The third kappa shape index (κ3) is 3.94. The fraction of sp³-hybridized carbons (Fsp3) is 0.385. The molecule has 2 amide bonds. The molecule has 0 aliphatic carbocycles. The molecule has 1 unspecified atom stereocenters. The van der Waals surface area contributed by atoms with Gasteiger partial charge < -0.3 is 16.8 Å². The Hall–Kier alpha value is -1.59. The minimum absolute atomic E-state index is 0.161. The second-order valence-electron chi connectivity index (χ2n) is 4.68. The molecule has 5 N–H and O–H groups in total. The zero-order valence-corrected chi connectivity index (χ0v) is 11.8. The van der Waals surface area contributed by atoms with Crippen LogP contribution in [0.3, 0.4) is 0 Å². The zero-order valence-electron chi connectivity index (χ0n) is 11.0. The average molecular weight is 284 g/mol. The Morgan fingerprint density at radius 2 is 2.05 bits per heavy atom. The van der Waals surface area contributed by atoms with E-state index in [0.29, 0.717) is 12.1 Å². The predicted molar refractivity (Wildman–Crippen MR) is 76.1 cm³/mol. The number of amides is 2. The number of benzene rings is 1. The lowest BCUT2D eigenvalue weighted by Crippen LogP contribution is -2.48. The fourth-order valence-corrected chi connectivity index (χ4v) is 1.91. The summed E-state index contributed by atoms with van der Waals surface area (Å²) in [4.78, 5) is 23.2. The first-order valence-electron chi connectivity index (χ1n) is 5.97. The Balaban J connectivity index is 2.92. The second kappa shape index (κ2) is 6.04. The van der Waals surface area contributed by atoms with Crippen LogP contribution in [0.2, 0.25) is 5.02 Å². The monoisotopic (exact) mass is 283 g/mol. The van der Waals surface area contributed by atoms with E-state index < -0.39 is 11.4 Å². The minimum atomic E-state index is -0.957. The Labute approximate surface area is 117 Å². The Morgan fingerprint density at radius 1 is 1.42 bits per heavy atom. The molecular weight excluding hydrogens is 266 g/mol. The SMILES string of the molecule is CCCC(C)(N)C(=O)Nc1ccc(Cl)c(C(N)=O)c1. The molecule has 0 fully saturated rings. The summed E-state index contributed by atoms with van der Waals surface area (Å²) in [7, 11) is 0. The van der Waals surface area contributed by atoms with Gasteiger partial charge in [0.2, 0.25) is 11.8 Å². The predicted octanol–water partition coefficient (Wildman–Crippen LogP) is 1.89. The maximum Gasteiger partial charge on any atom is 0.250 e. The van der Waals surface area contributed by atoms with Gasteiger partial charge in [-0.1, -0.05) is 24.9 Å². The van der Waals surface area contributed by atoms with Crippen molar-refractivity contribution < 1.29 is 9.59 Å². The molecule has 19 heavy (non-hydrogen) atoms. The summed E-state index contributed by atoms with van der Waals surface area (Å²) in [5, 5.41) is 2.90. The van der Waals surface area contributed by atoms with E-state index in [1.54, 1.807) is 13.0 Å². The van der Waals surface area contributed by atoms with Gasteiger partial charge in [-0.25, -0.2) is 0 Å². The van der Waals surface area contributed by atoms with Crippen LogP contribution in [-0.4, -0.2) is 17.4 Å². The highest BCUT2D eigenvalue weighted by Crippen LogP contribution is 2.21. The molecule has 0 radical (unpaired) electrons. The van der Waals surface area contributed by atoms with Crippen LogP contribution in [0.15, 0.2) is 18.2 Å². The Kier molecular flexibility index (Phi) is 4.91. The molecule has 0 saturated carbocycles. The summed E-state index contributed by atoms with van der Waals surface area (Å²) in [5.41, 5.74) is 10.7. The van der Waals surface area contributed by atoms with E-state index in [9.17, 15) is 9.59 Å². The smallest absolute Gasteiger partial charge is 0.250 e. The first kappa shape index (κ1) is 15.5. The van der Waals surface area contributed by atoms with Crippen LogP contribution in [0.1, 0.15) is 37.0 Å². The molecule has 1 rings (SSSR count). The maximum absolute atomic E-state index is 12.0. The number of hydrogen-bond donors (Lipinski definition) is 3. The Bertz CT molecular complexity index is 501. The standard InChI is InChI=1S/C13H18ClN3O2/c1-3-6-13(2,16)12(19)17-8-4-5-10(14)9(7-8)11(15)18/h4-5,7H,3,6,16H2,1-2H3,(H2,15,18)(H,17,19). The summed E-state index contributed by atoms with van der Waals surface area (Å²) < 4.78 is 0. The van der Waals surface area contributed by atoms with Gasteiger partial charge in [-0.2, -0.15) is 0 Å². The molecule has 0 bridgehead atoms. The van der Waals surface area contributed by atoms with E-state index in [4.69, 9.17) is 23.1 Å². The lowest BCUT2D eigenvalue weighted by atomic mass is 9.96. The molecular formula is C13H18ClN3O2. The van der Waals surface area contributed by atoms with E-state index in [0.717, 1.165) is 6.42 Å². The van der Waals surface area contributed by atoms with Crippen LogP contribution in [0.25, 0.3) is 0 Å². The van der Waals surface area contributed by atoms with Crippen molar-refractivity contribution in [2.75, 3.05) is 5.32 Å². The van der Waals surface area contributed by atoms with Gasteiger partial charge in [0.05, 0.1) is 16.1 Å². The maximum atomic E-state index is 12.0. The highest BCUT2D eigenvalue weighted by atomic mass is 35.5. The number of anilines is 1. The molecule has 1 atom stereocenters. The van der Waals surface area contributed by atoms with Crippen LogP contribution in [0.4, 0.5) is 5.69 Å². The molecule has 0 heterocycles. The molecule has 104 valence electrons. The van der Waals surface area contributed by atoms with Crippen molar-refractivity contribution in [3.8, 4) is 0 Å². The molecule has 0 aliphatic rings. The number of nitrogens with one attached hydrogen (secondary N) is 1. The van der Waals surface area contributed by atoms with Crippen molar-refractivity contribution in [1.29, 1.82) is 0 Å². The largest absolute Gasteiger partial charge is 0.366 e.